The molecule has 1 aromatic carbocycles. The first kappa shape index (κ1) is 17.8. The lowest BCUT2D eigenvalue weighted by Gasteiger charge is -2.33. The fourth-order valence-electron chi connectivity index (χ4n) is 2.49. The first-order valence-corrected chi connectivity index (χ1v) is 7.61. The van der Waals surface area contributed by atoms with E-state index >= 15 is 0 Å². The lowest BCUT2D eigenvalue weighted by Crippen LogP contribution is -2.41. The molecule has 0 radical (unpaired) electrons. The van der Waals surface area contributed by atoms with Gasteiger partial charge in [-0.3, -0.25) is 0 Å². The molecule has 0 aliphatic carbocycles. The van der Waals surface area contributed by atoms with Crippen molar-refractivity contribution in [3.05, 3.63) is 23.8 Å². The third-order valence-corrected chi connectivity index (χ3v) is 3.69. The van der Waals surface area contributed by atoms with E-state index < -0.39 is 0 Å². The van der Waals surface area contributed by atoms with Crippen LogP contribution in [-0.4, -0.2) is 29.5 Å². The molecule has 120 valence electrons. The number of nitrogens with one attached hydrogen (secondary N) is 1. The number of phenolic OH excluding ortho intramolecular Hbond substituents is 1. The SMILES string of the molecule is CCOc1ccc(O)c(CNCC(C)(C)C(O)C(C)C)c1. The van der Waals surface area contributed by atoms with E-state index in [9.17, 15) is 10.2 Å². The molecule has 0 aliphatic heterocycles. The van der Waals surface area contributed by atoms with Crippen molar-refractivity contribution in [2.45, 2.75) is 47.3 Å². The molecule has 1 unspecified atom stereocenters. The predicted octanol–water partition coefficient (Wildman–Crippen LogP) is 2.92. The Morgan fingerprint density at radius 2 is 1.95 bits per heavy atom. The third-order valence-electron chi connectivity index (χ3n) is 3.69. The molecule has 0 heterocycles. The van der Waals surface area contributed by atoms with Crippen molar-refractivity contribution in [1.82, 2.24) is 5.32 Å². The molecule has 0 saturated heterocycles. The van der Waals surface area contributed by atoms with E-state index in [4.69, 9.17) is 4.74 Å². The van der Waals surface area contributed by atoms with Crippen LogP contribution in [0.15, 0.2) is 18.2 Å². The maximum absolute atomic E-state index is 10.2. The summed E-state index contributed by atoms with van der Waals surface area (Å²) in [6.07, 6.45) is -0.367. The zero-order valence-electron chi connectivity index (χ0n) is 13.8. The normalized spacial score (nSPS) is 13.5. The van der Waals surface area contributed by atoms with E-state index in [0.717, 1.165) is 11.3 Å². The Balaban J connectivity index is 2.61. The summed E-state index contributed by atoms with van der Waals surface area (Å²) in [6, 6.07) is 5.25. The van der Waals surface area contributed by atoms with Gasteiger partial charge in [-0.05, 0) is 31.0 Å². The minimum atomic E-state index is -0.367. The largest absolute Gasteiger partial charge is 0.508 e. The number of ether oxygens (including phenoxy) is 1. The monoisotopic (exact) mass is 295 g/mol. The van der Waals surface area contributed by atoms with E-state index in [-0.39, 0.29) is 23.2 Å². The van der Waals surface area contributed by atoms with Gasteiger partial charge in [-0.15, -0.1) is 0 Å². The van der Waals surface area contributed by atoms with Crippen molar-refractivity contribution in [1.29, 1.82) is 0 Å². The first-order chi connectivity index (χ1) is 9.77. The van der Waals surface area contributed by atoms with E-state index in [1.165, 1.54) is 0 Å². The average molecular weight is 295 g/mol. The van der Waals surface area contributed by atoms with Gasteiger partial charge in [0.2, 0.25) is 0 Å². The van der Waals surface area contributed by atoms with Gasteiger partial charge in [0, 0.05) is 24.1 Å². The Labute approximate surface area is 128 Å². The predicted molar refractivity (Wildman–Crippen MR) is 85.6 cm³/mol. The molecule has 0 amide bonds. The van der Waals surface area contributed by atoms with Crippen LogP contribution in [-0.2, 0) is 6.54 Å². The number of aliphatic hydroxyl groups is 1. The fraction of sp³-hybridized carbons (Fsp3) is 0.647. The lowest BCUT2D eigenvalue weighted by molar-refractivity contribution is 0.0134. The van der Waals surface area contributed by atoms with Gasteiger partial charge in [0.25, 0.3) is 0 Å². The summed E-state index contributed by atoms with van der Waals surface area (Å²) in [5.41, 5.74) is 0.581. The number of aliphatic hydroxyl groups excluding tert-OH is 1. The van der Waals surface area contributed by atoms with Gasteiger partial charge in [0.05, 0.1) is 12.7 Å². The van der Waals surface area contributed by atoms with Crippen LogP contribution in [0.1, 0.15) is 40.2 Å². The smallest absolute Gasteiger partial charge is 0.120 e. The number of aromatic hydroxyl groups is 1. The van der Waals surface area contributed by atoms with Gasteiger partial charge in [0.15, 0.2) is 0 Å². The van der Waals surface area contributed by atoms with Gasteiger partial charge >= 0.3 is 0 Å². The summed E-state index contributed by atoms with van der Waals surface area (Å²) < 4.78 is 5.44. The van der Waals surface area contributed by atoms with Crippen molar-refractivity contribution in [3.63, 3.8) is 0 Å². The maximum Gasteiger partial charge on any atom is 0.120 e. The summed E-state index contributed by atoms with van der Waals surface area (Å²) in [5.74, 6) is 1.23. The van der Waals surface area contributed by atoms with Crippen LogP contribution in [0.2, 0.25) is 0 Å². The Bertz CT molecular complexity index is 444. The van der Waals surface area contributed by atoms with Gasteiger partial charge in [-0.25, -0.2) is 0 Å². The number of hydrogen-bond acceptors (Lipinski definition) is 4. The molecule has 4 heteroatoms. The topological polar surface area (TPSA) is 61.7 Å². The Morgan fingerprint density at radius 1 is 1.29 bits per heavy atom. The van der Waals surface area contributed by atoms with Gasteiger partial charge < -0.3 is 20.3 Å². The number of phenols is 1. The highest BCUT2D eigenvalue weighted by atomic mass is 16.5. The molecule has 3 N–H and O–H groups in total. The maximum atomic E-state index is 10.2. The Kier molecular flexibility index (Phi) is 6.49. The molecule has 4 nitrogen and oxygen atoms in total. The van der Waals surface area contributed by atoms with Gasteiger partial charge in [-0.2, -0.15) is 0 Å². The average Bonchev–Trinajstić information content (AvgIpc) is 2.41. The fourth-order valence-corrected chi connectivity index (χ4v) is 2.49. The quantitative estimate of drug-likeness (QED) is 0.690. The molecule has 0 aromatic heterocycles. The van der Waals surface area contributed by atoms with Gasteiger partial charge in [0.1, 0.15) is 11.5 Å². The number of benzene rings is 1. The van der Waals surface area contributed by atoms with Crippen LogP contribution < -0.4 is 10.1 Å². The third kappa shape index (κ3) is 5.21. The van der Waals surface area contributed by atoms with E-state index in [1.54, 1.807) is 12.1 Å². The number of rotatable bonds is 8. The standard InChI is InChI=1S/C17H29NO3/c1-6-21-14-7-8-15(19)13(9-14)10-18-11-17(4,5)16(20)12(2)3/h7-9,12,16,18-20H,6,10-11H2,1-5H3. The van der Waals surface area contributed by atoms with Crippen LogP contribution in [0, 0.1) is 11.3 Å². The molecule has 0 spiro atoms. The first-order valence-electron chi connectivity index (χ1n) is 7.61. The van der Waals surface area contributed by atoms with E-state index in [0.29, 0.717) is 19.7 Å². The van der Waals surface area contributed by atoms with E-state index in [1.807, 2.05) is 40.7 Å². The van der Waals surface area contributed by atoms with Crippen molar-refractivity contribution in [2.24, 2.45) is 11.3 Å². The molecule has 1 rings (SSSR count). The van der Waals surface area contributed by atoms with Crippen LogP contribution in [0.25, 0.3) is 0 Å². The minimum Gasteiger partial charge on any atom is -0.508 e. The summed E-state index contributed by atoms with van der Waals surface area (Å²) in [4.78, 5) is 0. The minimum absolute atomic E-state index is 0.219. The second-order valence-electron chi connectivity index (χ2n) is 6.50. The van der Waals surface area contributed by atoms with Crippen LogP contribution in [0.3, 0.4) is 0 Å². The zero-order chi connectivity index (χ0) is 16.0. The summed E-state index contributed by atoms with van der Waals surface area (Å²) >= 11 is 0. The Hall–Kier alpha value is -1.26. The zero-order valence-corrected chi connectivity index (χ0v) is 13.8. The molecule has 0 bridgehead atoms. The highest BCUT2D eigenvalue weighted by molar-refractivity contribution is 5.39. The van der Waals surface area contributed by atoms with Crippen molar-refractivity contribution in [2.75, 3.05) is 13.2 Å². The summed E-state index contributed by atoms with van der Waals surface area (Å²) in [5, 5.41) is 23.4. The molecule has 0 saturated carbocycles. The van der Waals surface area contributed by atoms with Gasteiger partial charge in [-0.1, -0.05) is 27.7 Å². The molecule has 1 atom stereocenters. The highest BCUT2D eigenvalue weighted by Crippen LogP contribution is 2.26. The van der Waals surface area contributed by atoms with Crippen LogP contribution in [0.4, 0.5) is 0 Å². The van der Waals surface area contributed by atoms with E-state index in [2.05, 4.69) is 5.32 Å². The van der Waals surface area contributed by atoms with Crippen molar-refractivity contribution >= 4 is 0 Å². The molecule has 0 fully saturated rings. The molecular formula is C17H29NO3. The van der Waals surface area contributed by atoms with Crippen LogP contribution in [0.5, 0.6) is 11.5 Å². The molecule has 1 aromatic rings. The summed E-state index contributed by atoms with van der Waals surface area (Å²) in [6.45, 7) is 11.9. The summed E-state index contributed by atoms with van der Waals surface area (Å²) in [7, 11) is 0. The molecule has 0 aliphatic rings. The van der Waals surface area contributed by atoms with Crippen molar-refractivity contribution in [3.8, 4) is 11.5 Å². The molecular weight excluding hydrogens is 266 g/mol. The van der Waals surface area contributed by atoms with Crippen LogP contribution >= 0.6 is 0 Å². The van der Waals surface area contributed by atoms with Crippen molar-refractivity contribution < 1.29 is 14.9 Å². The second kappa shape index (κ2) is 7.66. The highest BCUT2D eigenvalue weighted by Gasteiger charge is 2.29. The molecule has 21 heavy (non-hydrogen) atoms. The Morgan fingerprint density at radius 3 is 2.52 bits per heavy atom. The lowest BCUT2D eigenvalue weighted by atomic mass is 9.80. The number of hydrogen-bond donors (Lipinski definition) is 3. The second-order valence-corrected chi connectivity index (χ2v) is 6.50.